The molecule has 0 atom stereocenters. The van der Waals surface area contributed by atoms with Crippen molar-refractivity contribution in [2.24, 2.45) is 0 Å². The summed E-state index contributed by atoms with van der Waals surface area (Å²) in [5.41, 5.74) is 1.57. The monoisotopic (exact) mass is 323 g/mol. The molecular weight excluding hydrogens is 317 g/mol. The Hall–Kier alpha value is -1.55. The van der Waals surface area contributed by atoms with Crippen molar-refractivity contribution in [3.05, 3.63) is 63.9 Å². The van der Waals surface area contributed by atoms with Crippen molar-refractivity contribution in [3.63, 3.8) is 0 Å². The minimum Gasteiger partial charge on any atom is -0.215 e. The minimum absolute atomic E-state index is 0.456. The van der Waals surface area contributed by atoms with Gasteiger partial charge in [-0.05, 0) is 36.4 Å². The standard InChI is InChI=1S/C14H8Cl3N3/c15-9-4-6-10(7-5-9)20-14(18-8-19-20)11-2-1-3-12(16)13(11)17/h1-8H. The molecule has 20 heavy (non-hydrogen) atoms. The van der Waals surface area contributed by atoms with Crippen LogP contribution in [0.1, 0.15) is 0 Å². The Labute approximate surface area is 130 Å². The molecule has 0 amide bonds. The maximum Gasteiger partial charge on any atom is 0.164 e. The van der Waals surface area contributed by atoms with Crippen LogP contribution < -0.4 is 0 Å². The highest BCUT2D eigenvalue weighted by atomic mass is 35.5. The number of hydrogen-bond donors (Lipinski definition) is 0. The van der Waals surface area contributed by atoms with Gasteiger partial charge >= 0.3 is 0 Å². The largest absolute Gasteiger partial charge is 0.215 e. The molecule has 0 spiro atoms. The van der Waals surface area contributed by atoms with E-state index < -0.39 is 0 Å². The van der Waals surface area contributed by atoms with Gasteiger partial charge in [0, 0.05) is 10.6 Å². The lowest BCUT2D eigenvalue weighted by Gasteiger charge is -2.08. The van der Waals surface area contributed by atoms with Crippen molar-refractivity contribution in [2.45, 2.75) is 0 Å². The van der Waals surface area contributed by atoms with Gasteiger partial charge < -0.3 is 0 Å². The molecule has 3 rings (SSSR count). The van der Waals surface area contributed by atoms with Gasteiger partial charge in [-0.1, -0.05) is 40.9 Å². The third-order valence-electron chi connectivity index (χ3n) is 2.81. The summed E-state index contributed by atoms with van der Waals surface area (Å²) >= 11 is 18.2. The molecule has 0 N–H and O–H groups in total. The predicted octanol–water partition coefficient (Wildman–Crippen LogP) is 4.89. The van der Waals surface area contributed by atoms with Crippen LogP contribution in [0, 0.1) is 0 Å². The Kier molecular flexibility index (Phi) is 3.66. The molecule has 2 aromatic carbocycles. The Morgan fingerprint density at radius 2 is 1.65 bits per heavy atom. The fourth-order valence-corrected chi connectivity index (χ4v) is 2.38. The van der Waals surface area contributed by atoms with Gasteiger partial charge in [0.1, 0.15) is 6.33 Å². The van der Waals surface area contributed by atoms with Crippen LogP contribution in [-0.4, -0.2) is 14.8 Å². The molecule has 3 aromatic rings. The van der Waals surface area contributed by atoms with Crippen LogP contribution in [0.25, 0.3) is 17.1 Å². The van der Waals surface area contributed by atoms with E-state index in [4.69, 9.17) is 34.8 Å². The lowest BCUT2D eigenvalue weighted by molar-refractivity contribution is 0.887. The maximum atomic E-state index is 6.24. The van der Waals surface area contributed by atoms with Gasteiger partial charge in [-0.2, -0.15) is 5.10 Å². The number of nitrogens with zero attached hydrogens (tertiary/aromatic N) is 3. The average molecular weight is 325 g/mol. The maximum absolute atomic E-state index is 6.24. The first kappa shape index (κ1) is 13.4. The third-order valence-corrected chi connectivity index (χ3v) is 3.88. The second kappa shape index (κ2) is 5.44. The number of aromatic nitrogens is 3. The molecule has 0 aliphatic carbocycles. The van der Waals surface area contributed by atoms with E-state index >= 15 is 0 Å². The Morgan fingerprint density at radius 1 is 0.900 bits per heavy atom. The quantitative estimate of drug-likeness (QED) is 0.671. The van der Waals surface area contributed by atoms with Crippen molar-refractivity contribution >= 4 is 34.8 Å². The Bertz CT molecular complexity index is 751. The molecule has 0 saturated heterocycles. The second-order valence-corrected chi connectivity index (χ2v) is 5.29. The normalized spacial score (nSPS) is 10.8. The van der Waals surface area contributed by atoms with E-state index in [0.29, 0.717) is 20.9 Å². The zero-order valence-electron chi connectivity index (χ0n) is 10.1. The van der Waals surface area contributed by atoms with Gasteiger partial charge in [-0.25, -0.2) is 9.67 Å². The molecular formula is C14H8Cl3N3. The highest BCUT2D eigenvalue weighted by molar-refractivity contribution is 6.43. The smallest absolute Gasteiger partial charge is 0.164 e. The third kappa shape index (κ3) is 2.40. The van der Waals surface area contributed by atoms with E-state index in [2.05, 4.69) is 10.1 Å². The van der Waals surface area contributed by atoms with E-state index in [-0.39, 0.29) is 0 Å². The number of halogens is 3. The average Bonchev–Trinajstić information content (AvgIpc) is 2.92. The predicted molar refractivity (Wildman–Crippen MR) is 81.8 cm³/mol. The van der Waals surface area contributed by atoms with E-state index in [1.165, 1.54) is 6.33 Å². The summed E-state index contributed by atoms with van der Waals surface area (Å²) in [4.78, 5) is 4.26. The van der Waals surface area contributed by atoms with Crippen LogP contribution in [0.4, 0.5) is 0 Å². The number of hydrogen-bond acceptors (Lipinski definition) is 2. The first-order chi connectivity index (χ1) is 9.66. The molecule has 100 valence electrons. The Balaban J connectivity index is 2.15. The summed E-state index contributed by atoms with van der Waals surface area (Å²) in [6, 6.07) is 12.7. The first-order valence-corrected chi connectivity index (χ1v) is 6.90. The van der Waals surface area contributed by atoms with Gasteiger partial charge in [0.2, 0.25) is 0 Å². The van der Waals surface area contributed by atoms with Crippen LogP contribution >= 0.6 is 34.8 Å². The highest BCUT2D eigenvalue weighted by Crippen LogP contribution is 2.33. The first-order valence-electron chi connectivity index (χ1n) is 5.77. The summed E-state index contributed by atoms with van der Waals surface area (Å²) in [5.74, 6) is 0.625. The van der Waals surface area contributed by atoms with Gasteiger partial charge in [0.25, 0.3) is 0 Å². The van der Waals surface area contributed by atoms with Crippen molar-refractivity contribution in [1.29, 1.82) is 0 Å². The second-order valence-electron chi connectivity index (χ2n) is 4.07. The molecule has 1 heterocycles. The molecule has 0 radical (unpaired) electrons. The SMILES string of the molecule is Clc1ccc(-n2ncnc2-c2cccc(Cl)c2Cl)cc1. The Morgan fingerprint density at radius 3 is 2.40 bits per heavy atom. The van der Waals surface area contributed by atoms with E-state index in [1.54, 1.807) is 22.9 Å². The highest BCUT2D eigenvalue weighted by Gasteiger charge is 2.14. The van der Waals surface area contributed by atoms with E-state index in [0.717, 1.165) is 11.3 Å². The van der Waals surface area contributed by atoms with Crippen LogP contribution in [0.5, 0.6) is 0 Å². The van der Waals surface area contributed by atoms with Crippen LogP contribution in [-0.2, 0) is 0 Å². The van der Waals surface area contributed by atoms with Crippen molar-refractivity contribution in [3.8, 4) is 17.1 Å². The summed E-state index contributed by atoms with van der Waals surface area (Å²) in [6.07, 6.45) is 1.47. The number of benzene rings is 2. The van der Waals surface area contributed by atoms with Crippen LogP contribution in [0.2, 0.25) is 15.1 Å². The topological polar surface area (TPSA) is 30.7 Å². The van der Waals surface area contributed by atoms with E-state index in [9.17, 15) is 0 Å². The zero-order chi connectivity index (χ0) is 14.1. The molecule has 0 saturated carbocycles. The van der Waals surface area contributed by atoms with E-state index in [1.807, 2.05) is 24.3 Å². The fraction of sp³-hybridized carbons (Fsp3) is 0. The molecule has 3 nitrogen and oxygen atoms in total. The summed E-state index contributed by atoms with van der Waals surface area (Å²) in [5, 5.41) is 5.82. The molecule has 1 aromatic heterocycles. The summed E-state index contributed by atoms with van der Waals surface area (Å²) in [6.45, 7) is 0. The molecule has 6 heteroatoms. The van der Waals surface area contributed by atoms with Crippen LogP contribution in [0.3, 0.4) is 0 Å². The van der Waals surface area contributed by atoms with Gasteiger partial charge in [-0.15, -0.1) is 0 Å². The summed E-state index contributed by atoms with van der Waals surface area (Å²) in [7, 11) is 0. The molecule has 0 fully saturated rings. The lowest BCUT2D eigenvalue weighted by Crippen LogP contribution is -1.99. The zero-order valence-corrected chi connectivity index (χ0v) is 12.4. The molecule has 0 aliphatic rings. The van der Waals surface area contributed by atoms with Crippen molar-refractivity contribution in [1.82, 2.24) is 14.8 Å². The molecule has 0 aliphatic heterocycles. The van der Waals surface area contributed by atoms with Crippen LogP contribution in [0.15, 0.2) is 48.8 Å². The van der Waals surface area contributed by atoms with Crippen molar-refractivity contribution < 1.29 is 0 Å². The molecule has 0 bridgehead atoms. The minimum atomic E-state index is 0.456. The van der Waals surface area contributed by atoms with Gasteiger partial charge in [0.15, 0.2) is 5.82 Å². The van der Waals surface area contributed by atoms with Crippen molar-refractivity contribution in [2.75, 3.05) is 0 Å². The fourth-order valence-electron chi connectivity index (χ4n) is 1.87. The van der Waals surface area contributed by atoms with Gasteiger partial charge in [-0.3, -0.25) is 0 Å². The lowest BCUT2D eigenvalue weighted by atomic mass is 10.2. The van der Waals surface area contributed by atoms with Gasteiger partial charge in [0.05, 0.1) is 15.7 Å². The molecule has 0 unspecified atom stereocenters. The summed E-state index contributed by atoms with van der Waals surface area (Å²) < 4.78 is 1.69. The number of rotatable bonds is 2.